The van der Waals surface area contributed by atoms with Crippen LogP contribution in [0.3, 0.4) is 0 Å². The number of benzene rings is 1. The average Bonchev–Trinajstić information content (AvgIpc) is 2.62. The normalized spacial score (nSPS) is 10.3. The molecule has 1 heterocycles. The Labute approximate surface area is 99.6 Å². The number of hydrogen-bond acceptors (Lipinski definition) is 3. The van der Waals surface area contributed by atoms with E-state index in [1.54, 1.807) is 13.8 Å². The maximum absolute atomic E-state index is 12.1. The van der Waals surface area contributed by atoms with Crippen LogP contribution in [-0.4, -0.2) is 11.1 Å². The van der Waals surface area contributed by atoms with Gasteiger partial charge >= 0.3 is 0 Å². The molecule has 4 heteroatoms. The second-order valence-electron chi connectivity index (χ2n) is 3.97. The predicted molar refractivity (Wildman–Crippen MR) is 65.1 cm³/mol. The van der Waals surface area contributed by atoms with Gasteiger partial charge in [0.2, 0.25) is 0 Å². The first kappa shape index (κ1) is 11.4. The third-order valence-corrected chi connectivity index (χ3v) is 2.65. The highest BCUT2D eigenvalue weighted by Gasteiger charge is 2.17. The lowest BCUT2D eigenvalue weighted by Crippen LogP contribution is -2.14. The van der Waals surface area contributed by atoms with E-state index < -0.39 is 0 Å². The summed E-state index contributed by atoms with van der Waals surface area (Å²) in [6.07, 6.45) is 0. The first-order valence-electron chi connectivity index (χ1n) is 5.39. The van der Waals surface area contributed by atoms with Crippen molar-refractivity contribution in [3.63, 3.8) is 0 Å². The molecular weight excluding hydrogens is 216 g/mol. The SMILES string of the molecule is Cc1ccccc1NC(=O)c1c(C)noc1C. The lowest BCUT2D eigenvalue weighted by atomic mass is 10.1. The van der Waals surface area contributed by atoms with Gasteiger partial charge in [-0.05, 0) is 32.4 Å². The summed E-state index contributed by atoms with van der Waals surface area (Å²) >= 11 is 0. The monoisotopic (exact) mass is 230 g/mol. The van der Waals surface area contributed by atoms with E-state index in [2.05, 4.69) is 10.5 Å². The van der Waals surface area contributed by atoms with Crippen molar-refractivity contribution in [2.24, 2.45) is 0 Å². The fourth-order valence-corrected chi connectivity index (χ4v) is 1.71. The minimum Gasteiger partial charge on any atom is -0.361 e. The number of nitrogens with zero attached hydrogens (tertiary/aromatic N) is 1. The van der Waals surface area contributed by atoms with E-state index in [4.69, 9.17) is 4.52 Å². The summed E-state index contributed by atoms with van der Waals surface area (Å²) in [5.74, 6) is 0.351. The van der Waals surface area contributed by atoms with Gasteiger partial charge < -0.3 is 9.84 Å². The molecule has 4 nitrogen and oxygen atoms in total. The fourth-order valence-electron chi connectivity index (χ4n) is 1.71. The molecule has 1 N–H and O–H groups in total. The zero-order chi connectivity index (χ0) is 12.4. The minimum atomic E-state index is -0.185. The molecule has 0 saturated heterocycles. The zero-order valence-corrected chi connectivity index (χ0v) is 10.1. The van der Waals surface area contributed by atoms with Crippen LogP contribution in [0.1, 0.15) is 27.4 Å². The van der Waals surface area contributed by atoms with Crippen molar-refractivity contribution >= 4 is 11.6 Å². The molecule has 1 aromatic carbocycles. The van der Waals surface area contributed by atoms with Crippen LogP contribution < -0.4 is 5.32 Å². The maximum atomic E-state index is 12.1. The van der Waals surface area contributed by atoms with Gasteiger partial charge in [0, 0.05) is 5.69 Å². The van der Waals surface area contributed by atoms with Crippen molar-refractivity contribution in [1.29, 1.82) is 0 Å². The molecule has 2 aromatic rings. The maximum Gasteiger partial charge on any atom is 0.261 e. The van der Waals surface area contributed by atoms with Crippen LogP contribution in [0.5, 0.6) is 0 Å². The summed E-state index contributed by atoms with van der Waals surface area (Å²) in [6, 6.07) is 7.63. The second kappa shape index (κ2) is 4.41. The highest BCUT2D eigenvalue weighted by atomic mass is 16.5. The van der Waals surface area contributed by atoms with E-state index in [-0.39, 0.29) is 5.91 Å². The fraction of sp³-hybridized carbons (Fsp3) is 0.231. The predicted octanol–water partition coefficient (Wildman–Crippen LogP) is 2.85. The number of carbonyl (C=O) groups excluding carboxylic acids is 1. The van der Waals surface area contributed by atoms with Gasteiger partial charge in [-0.25, -0.2) is 0 Å². The zero-order valence-electron chi connectivity index (χ0n) is 10.1. The molecule has 0 aliphatic carbocycles. The quantitative estimate of drug-likeness (QED) is 0.863. The Balaban J connectivity index is 2.27. The van der Waals surface area contributed by atoms with Gasteiger partial charge in [-0.1, -0.05) is 23.4 Å². The van der Waals surface area contributed by atoms with E-state index in [9.17, 15) is 4.79 Å². The second-order valence-corrected chi connectivity index (χ2v) is 3.97. The van der Waals surface area contributed by atoms with Crippen LogP contribution in [0.25, 0.3) is 0 Å². The summed E-state index contributed by atoms with van der Waals surface area (Å²) in [4.78, 5) is 12.1. The van der Waals surface area contributed by atoms with Crippen LogP contribution >= 0.6 is 0 Å². The molecule has 2 rings (SSSR count). The molecular formula is C13H14N2O2. The summed E-state index contributed by atoms with van der Waals surface area (Å²) in [5.41, 5.74) is 2.94. The van der Waals surface area contributed by atoms with Crippen molar-refractivity contribution in [3.8, 4) is 0 Å². The lowest BCUT2D eigenvalue weighted by molar-refractivity contribution is 0.102. The molecule has 0 atom stereocenters. The molecule has 88 valence electrons. The van der Waals surface area contributed by atoms with Gasteiger partial charge in [0.1, 0.15) is 11.3 Å². The number of anilines is 1. The lowest BCUT2D eigenvalue weighted by Gasteiger charge is -2.07. The summed E-state index contributed by atoms with van der Waals surface area (Å²) in [6.45, 7) is 5.43. The van der Waals surface area contributed by atoms with Crippen molar-refractivity contribution < 1.29 is 9.32 Å². The van der Waals surface area contributed by atoms with Crippen LogP contribution in [0, 0.1) is 20.8 Å². The van der Waals surface area contributed by atoms with Crippen molar-refractivity contribution in [2.45, 2.75) is 20.8 Å². The summed E-state index contributed by atoms with van der Waals surface area (Å²) in [5, 5.41) is 6.62. The molecule has 1 aromatic heterocycles. The topological polar surface area (TPSA) is 55.1 Å². The van der Waals surface area contributed by atoms with Gasteiger partial charge in [0.25, 0.3) is 5.91 Å². The van der Waals surface area contributed by atoms with E-state index >= 15 is 0 Å². The minimum absolute atomic E-state index is 0.185. The van der Waals surface area contributed by atoms with E-state index in [0.29, 0.717) is 17.0 Å². The largest absolute Gasteiger partial charge is 0.361 e. The number of nitrogens with one attached hydrogen (secondary N) is 1. The number of carbonyl (C=O) groups is 1. The smallest absolute Gasteiger partial charge is 0.261 e. The Hall–Kier alpha value is -2.10. The number of aryl methyl sites for hydroxylation is 3. The highest BCUT2D eigenvalue weighted by Crippen LogP contribution is 2.17. The van der Waals surface area contributed by atoms with E-state index in [0.717, 1.165) is 11.3 Å². The number of hydrogen-bond donors (Lipinski definition) is 1. The standard InChI is InChI=1S/C13H14N2O2/c1-8-6-4-5-7-11(8)14-13(16)12-9(2)15-17-10(12)3/h4-7H,1-3H3,(H,14,16). The number of para-hydroxylation sites is 1. The molecule has 0 fully saturated rings. The first-order chi connectivity index (χ1) is 8.09. The van der Waals surface area contributed by atoms with Crippen LogP contribution in [0.4, 0.5) is 5.69 Å². The Bertz CT molecular complexity index is 539. The molecule has 0 aliphatic heterocycles. The molecule has 0 aliphatic rings. The van der Waals surface area contributed by atoms with Gasteiger partial charge in [0.15, 0.2) is 0 Å². The van der Waals surface area contributed by atoms with E-state index in [1.807, 2.05) is 31.2 Å². The van der Waals surface area contributed by atoms with Gasteiger partial charge in [-0.2, -0.15) is 0 Å². The molecule has 0 radical (unpaired) electrons. The van der Waals surface area contributed by atoms with Crippen LogP contribution in [-0.2, 0) is 0 Å². The van der Waals surface area contributed by atoms with Crippen molar-refractivity contribution in [2.75, 3.05) is 5.32 Å². The van der Waals surface area contributed by atoms with Crippen LogP contribution in [0.15, 0.2) is 28.8 Å². The number of aromatic nitrogens is 1. The van der Waals surface area contributed by atoms with E-state index in [1.165, 1.54) is 0 Å². The third-order valence-electron chi connectivity index (χ3n) is 2.65. The summed E-state index contributed by atoms with van der Waals surface area (Å²) in [7, 11) is 0. The van der Waals surface area contributed by atoms with Crippen LogP contribution in [0.2, 0.25) is 0 Å². The molecule has 1 amide bonds. The molecule has 0 saturated carbocycles. The van der Waals surface area contributed by atoms with Crippen molar-refractivity contribution in [1.82, 2.24) is 5.16 Å². The molecule has 0 spiro atoms. The Morgan fingerprint density at radius 1 is 1.24 bits per heavy atom. The summed E-state index contributed by atoms with van der Waals surface area (Å²) < 4.78 is 4.97. The van der Waals surface area contributed by atoms with Gasteiger partial charge in [0.05, 0.1) is 5.69 Å². The third kappa shape index (κ3) is 2.20. The Kier molecular flexibility index (Phi) is 2.95. The molecule has 0 bridgehead atoms. The number of rotatable bonds is 2. The van der Waals surface area contributed by atoms with Crippen molar-refractivity contribution in [3.05, 3.63) is 46.8 Å². The Morgan fingerprint density at radius 3 is 2.53 bits per heavy atom. The van der Waals surface area contributed by atoms with Gasteiger partial charge in [-0.15, -0.1) is 0 Å². The van der Waals surface area contributed by atoms with Gasteiger partial charge in [-0.3, -0.25) is 4.79 Å². The average molecular weight is 230 g/mol. The highest BCUT2D eigenvalue weighted by molar-refractivity contribution is 6.05. The Morgan fingerprint density at radius 2 is 1.94 bits per heavy atom. The number of amides is 1. The molecule has 17 heavy (non-hydrogen) atoms. The molecule has 0 unspecified atom stereocenters. The first-order valence-corrected chi connectivity index (χ1v) is 5.39.